The molecule has 0 amide bonds. The molecule has 0 aliphatic carbocycles. The third-order valence-corrected chi connectivity index (χ3v) is 2.96. The van der Waals surface area contributed by atoms with Crippen LogP contribution in [0.3, 0.4) is 0 Å². The topological polar surface area (TPSA) is 26.3 Å². The Hall–Kier alpha value is -1.94. The van der Waals surface area contributed by atoms with Gasteiger partial charge in [-0.25, -0.2) is 8.78 Å². The van der Waals surface area contributed by atoms with Gasteiger partial charge >= 0.3 is 0 Å². The summed E-state index contributed by atoms with van der Waals surface area (Å²) in [7, 11) is 0. The molecule has 0 fully saturated rings. The van der Waals surface area contributed by atoms with Crippen molar-refractivity contribution in [3.8, 4) is 5.75 Å². The average Bonchev–Trinajstić information content (AvgIpc) is 2.44. The summed E-state index contributed by atoms with van der Waals surface area (Å²) in [6.45, 7) is 0.0213. The number of benzene rings is 2. The number of carbonyl (C=O) groups is 1. The first kappa shape index (κ1) is 14.5. The molecule has 0 saturated heterocycles. The van der Waals surface area contributed by atoms with E-state index in [0.29, 0.717) is 5.56 Å². The van der Waals surface area contributed by atoms with Crippen molar-refractivity contribution >= 4 is 17.4 Å². The third-order valence-electron chi connectivity index (χ3n) is 2.67. The molecule has 2 nitrogen and oxygen atoms in total. The molecule has 2 rings (SSSR count). The van der Waals surface area contributed by atoms with Crippen LogP contribution in [0.5, 0.6) is 5.75 Å². The fourth-order valence-electron chi connectivity index (χ4n) is 1.63. The fourth-order valence-corrected chi connectivity index (χ4v) is 1.80. The molecule has 0 aliphatic heterocycles. The van der Waals surface area contributed by atoms with Crippen molar-refractivity contribution in [1.29, 1.82) is 0 Å². The molecular formula is C15H11ClF2O2. The van der Waals surface area contributed by atoms with Crippen LogP contribution in [0.2, 0.25) is 5.02 Å². The van der Waals surface area contributed by atoms with Crippen molar-refractivity contribution in [3.63, 3.8) is 0 Å². The molecule has 2 aromatic carbocycles. The van der Waals surface area contributed by atoms with Gasteiger partial charge < -0.3 is 4.74 Å². The Morgan fingerprint density at radius 3 is 2.50 bits per heavy atom. The Morgan fingerprint density at radius 2 is 1.80 bits per heavy atom. The van der Waals surface area contributed by atoms with Gasteiger partial charge in [-0.3, -0.25) is 4.79 Å². The maximum absolute atomic E-state index is 13.5. The monoisotopic (exact) mass is 296 g/mol. The highest BCUT2D eigenvalue weighted by atomic mass is 35.5. The molecular weight excluding hydrogens is 286 g/mol. The molecule has 0 bridgehead atoms. The van der Waals surface area contributed by atoms with Gasteiger partial charge in [-0.05, 0) is 36.4 Å². The van der Waals surface area contributed by atoms with E-state index in [1.165, 1.54) is 36.4 Å². The van der Waals surface area contributed by atoms with Crippen LogP contribution in [0.15, 0.2) is 42.5 Å². The van der Waals surface area contributed by atoms with E-state index in [2.05, 4.69) is 0 Å². The highest BCUT2D eigenvalue weighted by molar-refractivity contribution is 6.30. The number of Topliss-reactive ketones (excluding diaryl/α,β-unsaturated/α-hetero) is 1. The first-order valence-corrected chi connectivity index (χ1v) is 6.31. The second-order valence-electron chi connectivity index (χ2n) is 4.08. The van der Waals surface area contributed by atoms with Crippen molar-refractivity contribution in [3.05, 3.63) is 64.7 Å². The number of ketones is 1. The van der Waals surface area contributed by atoms with E-state index in [1.54, 1.807) is 6.07 Å². The molecule has 5 heteroatoms. The summed E-state index contributed by atoms with van der Waals surface area (Å²) in [6, 6.07) is 9.63. The minimum atomic E-state index is -0.650. The molecule has 0 radical (unpaired) electrons. The normalized spacial score (nSPS) is 10.3. The lowest BCUT2D eigenvalue weighted by molar-refractivity contribution is 0.0961. The van der Waals surface area contributed by atoms with E-state index in [4.69, 9.17) is 16.3 Å². The quantitative estimate of drug-likeness (QED) is 0.770. The second-order valence-corrected chi connectivity index (χ2v) is 4.49. The maximum atomic E-state index is 13.5. The molecule has 0 atom stereocenters. The van der Waals surface area contributed by atoms with Gasteiger partial charge in [0.2, 0.25) is 0 Å². The minimum absolute atomic E-state index is 0.00408. The predicted octanol–water partition coefficient (Wildman–Crippen LogP) is 4.27. The molecule has 0 saturated carbocycles. The third kappa shape index (κ3) is 3.54. The predicted molar refractivity (Wildman–Crippen MR) is 72.3 cm³/mol. The van der Waals surface area contributed by atoms with Crippen LogP contribution in [0.25, 0.3) is 0 Å². The lowest BCUT2D eigenvalue weighted by Crippen LogP contribution is -2.07. The number of carbonyl (C=O) groups excluding carboxylic acids is 1. The summed E-state index contributed by atoms with van der Waals surface area (Å²) >= 11 is 5.61. The Labute approximate surface area is 119 Å². The molecule has 2 aromatic rings. The smallest absolute Gasteiger partial charge is 0.183 e. The van der Waals surface area contributed by atoms with E-state index in [0.717, 1.165) is 0 Å². The summed E-state index contributed by atoms with van der Waals surface area (Å²) in [4.78, 5) is 11.8. The largest absolute Gasteiger partial charge is 0.490 e. The zero-order valence-electron chi connectivity index (χ0n) is 10.4. The van der Waals surface area contributed by atoms with E-state index < -0.39 is 11.6 Å². The number of ether oxygens (including phenoxy) is 1. The number of hydrogen-bond donors (Lipinski definition) is 0. The first-order valence-electron chi connectivity index (χ1n) is 5.93. The van der Waals surface area contributed by atoms with Gasteiger partial charge in [0.15, 0.2) is 17.3 Å². The van der Waals surface area contributed by atoms with E-state index in [1.807, 2.05) is 0 Å². The van der Waals surface area contributed by atoms with Crippen LogP contribution < -0.4 is 4.74 Å². The first-order chi connectivity index (χ1) is 9.58. The van der Waals surface area contributed by atoms with Gasteiger partial charge in [0.1, 0.15) is 5.82 Å². The van der Waals surface area contributed by atoms with Crippen molar-refractivity contribution in [2.24, 2.45) is 0 Å². The molecule has 0 spiro atoms. The Bertz CT molecular complexity index is 612. The maximum Gasteiger partial charge on any atom is 0.183 e. The van der Waals surface area contributed by atoms with Crippen LogP contribution >= 0.6 is 11.6 Å². The van der Waals surface area contributed by atoms with Crippen LogP contribution in [0.1, 0.15) is 16.8 Å². The number of rotatable bonds is 5. The summed E-state index contributed by atoms with van der Waals surface area (Å²) in [5, 5.41) is -0.0349. The van der Waals surface area contributed by atoms with Crippen molar-refractivity contribution in [2.45, 2.75) is 6.42 Å². The van der Waals surface area contributed by atoms with Crippen molar-refractivity contribution in [1.82, 2.24) is 0 Å². The van der Waals surface area contributed by atoms with Gasteiger partial charge in [0.05, 0.1) is 11.6 Å². The summed E-state index contributed by atoms with van der Waals surface area (Å²) in [5.41, 5.74) is 0.390. The fraction of sp³-hybridized carbons (Fsp3) is 0.133. The molecule has 0 unspecified atom stereocenters. The van der Waals surface area contributed by atoms with Crippen molar-refractivity contribution < 1.29 is 18.3 Å². The molecule has 104 valence electrons. The Balaban J connectivity index is 1.91. The summed E-state index contributed by atoms with van der Waals surface area (Å²) in [5.74, 6) is -1.25. The number of halogens is 3. The minimum Gasteiger partial charge on any atom is -0.490 e. The summed E-state index contributed by atoms with van der Waals surface area (Å²) < 4.78 is 31.4. The second kappa shape index (κ2) is 6.48. The molecule has 20 heavy (non-hydrogen) atoms. The standard InChI is InChI=1S/C15H11ClF2O2/c16-12-2-1-3-14(15(12)18)20-9-8-13(19)10-4-6-11(17)7-5-10/h1-7H,8-9H2. The zero-order chi connectivity index (χ0) is 14.5. The van der Waals surface area contributed by atoms with Crippen molar-refractivity contribution in [2.75, 3.05) is 6.61 Å². The Kier molecular flexibility index (Phi) is 4.69. The molecule has 0 aromatic heterocycles. The average molecular weight is 297 g/mol. The van der Waals surface area contributed by atoms with E-state index >= 15 is 0 Å². The van der Waals surface area contributed by atoms with Crippen LogP contribution in [0, 0.1) is 11.6 Å². The van der Waals surface area contributed by atoms with Crippen LogP contribution in [0.4, 0.5) is 8.78 Å². The highest BCUT2D eigenvalue weighted by Crippen LogP contribution is 2.24. The summed E-state index contributed by atoms with van der Waals surface area (Å²) in [6.07, 6.45) is 0.0670. The SMILES string of the molecule is O=C(CCOc1cccc(Cl)c1F)c1ccc(F)cc1. The van der Waals surface area contributed by atoms with E-state index in [9.17, 15) is 13.6 Å². The van der Waals surface area contributed by atoms with Crippen LogP contribution in [-0.4, -0.2) is 12.4 Å². The molecule has 0 N–H and O–H groups in total. The van der Waals surface area contributed by atoms with Crippen LogP contribution in [-0.2, 0) is 0 Å². The van der Waals surface area contributed by atoms with Gasteiger partial charge in [-0.15, -0.1) is 0 Å². The van der Waals surface area contributed by atoms with Gasteiger partial charge in [0, 0.05) is 12.0 Å². The molecule has 0 heterocycles. The highest BCUT2D eigenvalue weighted by Gasteiger charge is 2.09. The lowest BCUT2D eigenvalue weighted by Gasteiger charge is -2.07. The van der Waals surface area contributed by atoms with E-state index in [-0.39, 0.29) is 29.6 Å². The van der Waals surface area contributed by atoms with Gasteiger partial charge in [0.25, 0.3) is 0 Å². The lowest BCUT2D eigenvalue weighted by atomic mass is 10.1. The Morgan fingerprint density at radius 1 is 1.10 bits per heavy atom. The zero-order valence-corrected chi connectivity index (χ0v) is 11.2. The van der Waals surface area contributed by atoms with Gasteiger partial charge in [-0.2, -0.15) is 0 Å². The van der Waals surface area contributed by atoms with Gasteiger partial charge in [-0.1, -0.05) is 17.7 Å². The number of hydrogen-bond acceptors (Lipinski definition) is 2. The molecule has 0 aliphatic rings.